The minimum atomic E-state index is -0.858. The van der Waals surface area contributed by atoms with Gasteiger partial charge < -0.3 is 14.3 Å². The molecule has 0 N–H and O–H groups in total. The number of benzene rings is 1. The average molecular weight is 442 g/mol. The van der Waals surface area contributed by atoms with Gasteiger partial charge in [-0.15, -0.1) is 22.5 Å². The molecular formula is C20H28ClN3O6. The van der Waals surface area contributed by atoms with Gasteiger partial charge in [0.05, 0.1) is 25.5 Å². The molecule has 0 aromatic heterocycles. The number of carbonyl (C=O) groups is 1. The number of hydrazone groups is 1. The Balaban J connectivity index is 0.00000320. The fourth-order valence-corrected chi connectivity index (χ4v) is 4.04. The summed E-state index contributed by atoms with van der Waals surface area (Å²) in [6, 6.07) is 5.70. The van der Waals surface area contributed by atoms with Crippen molar-refractivity contribution in [2.45, 2.75) is 39.5 Å². The van der Waals surface area contributed by atoms with E-state index in [0.717, 1.165) is 37.0 Å². The predicted molar refractivity (Wildman–Crippen MR) is 113 cm³/mol. The van der Waals surface area contributed by atoms with E-state index in [1.165, 1.54) is 5.01 Å². The normalized spacial score (nSPS) is 20.5. The van der Waals surface area contributed by atoms with Gasteiger partial charge in [-0.1, -0.05) is 12.8 Å². The third kappa shape index (κ3) is 5.33. The second kappa shape index (κ2) is 11.0. The zero-order valence-corrected chi connectivity index (χ0v) is 18.1. The lowest BCUT2D eigenvalue weighted by Gasteiger charge is -2.38. The first kappa shape index (κ1) is 23.7. The van der Waals surface area contributed by atoms with E-state index < -0.39 is 5.09 Å². The van der Waals surface area contributed by atoms with E-state index in [4.69, 9.17) is 9.47 Å². The van der Waals surface area contributed by atoms with Crippen molar-refractivity contribution in [1.82, 2.24) is 5.01 Å². The molecule has 10 heteroatoms. The monoisotopic (exact) mass is 441 g/mol. The summed E-state index contributed by atoms with van der Waals surface area (Å²) in [5, 5.41) is 15.5. The smallest absolute Gasteiger partial charge is 0.294 e. The lowest BCUT2D eigenvalue weighted by atomic mass is 9.73. The van der Waals surface area contributed by atoms with Crippen molar-refractivity contribution in [3.8, 4) is 11.5 Å². The molecule has 0 spiro atoms. The number of rotatable bonds is 9. The average Bonchev–Trinajstić information content (AvgIpc) is 2.71. The molecule has 2 atom stereocenters. The van der Waals surface area contributed by atoms with Crippen LogP contribution < -0.4 is 9.47 Å². The van der Waals surface area contributed by atoms with Crippen molar-refractivity contribution in [2.24, 2.45) is 16.9 Å². The summed E-state index contributed by atoms with van der Waals surface area (Å²) in [4.78, 5) is 27.7. The van der Waals surface area contributed by atoms with Crippen LogP contribution in [0.15, 0.2) is 23.3 Å². The SMILES string of the molecule is CCOc1ccc(C2=NN(CCO[N+](=O)[O-])C(=O)[C@H]3CCCC[C@@H]23)cc1OCC.Cl. The molecule has 3 rings (SSSR count). The minimum absolute atomic E-state index is 0. The summed E-state index contributed by atoms with van der Waals surface area (Å²) in [7, 11) is 0. The van der Waals surface area contributed by atoms with Crippen LogP contribution in [0.2, 0.25) is 0 Å². The van der Waals surface area contributed by atoms with Crippen LogP contribution in [-0.2, 0) is 9.63 Å². The van der Waals surface area contributed by atoms with Crippen LogP contribution >= 0.6 is 12.4 Å². The minimum Gasteiger partial charge on any atom is -0.490 e. The van der Waals surface area contributed by atoms with Crippen molar-refractivity contribution in [3.05, 3.63) is 33.9 Å². The highest BCUT2D eigenvalue weighted by molar-refractivity contribution is 6.07. The lowest BCUT2D eigenvalue weighted by Crippen LogP contribution is -2.47. The Kier molecular flexibility index (Phi) is 8.71. The first-order valence-corrected chi connectivity index (χ1v) is 10.1. The van der Waals surface area contributed by atoms with Crippen LogP contribution in [0.4, 0.5) is 0 Å². The fraction of sp³-hybridized carbons (Fsp3) is 0.600. The molecule has 30 heavy (non-hydrogen) atoms. The third-order valence-corrected chi connectivity index (χ3v) is 5.26. The van der Waals surface area contributed by atoms with Gasteiger partial charge in [0.15, 0.2) is 11.5 Å². The molecular weight excluding hydrogens is 414 g/mol. The molecule has 1 saturated carbocycles. The van der Waals surface area contributed by atoms with Gasteiger partial charge in [-0.25, -0.2) is 5.01 Å². The molecule has 1 aliphatic carbocycles. The largest absolute Gasteiger partial charge is 0.490 e. The van der Waals surface area contributed by atoms with E-state index in [-0.39, 0.29) is 43.3 Å². The summed E-state index contributed by atoms with van der Waals surface area (Å²) >= 11 is 0. The summed E-state index contributed by atoms with van der Waals surface area (Å²) in [6.45, 7) is 4.70. The second-order valence-electron chi connectivity index (χ2n) is 7.03. The van der Waals surface area contributed by atoms with Gasteiger partial charge in [0.1, 0.15) is 6.61 Å². The molecule has 0 bridgehead atoms. The second-order valence-corrected chi connectivity index (χ2v) is 7.03. The quantitative estimate of drug-likeness (QED) is 0.429. The van der Waals surface area contributed by atoms with Gasteiger partial charge in [0, 0.05) is 17.4 Å². The number of hydrogen-bond acceptors (Lipinski definition) is 7. The third-order valence-electron chi connectivity index (χ3n) is 5.26. The maximum atomic E-state index is 12.9. The highest BCUT2D eigenvalue weighted by Crippen LogP contribution is 2.39. The molecule has 166 valence electrons. The van der Waals surface area contributed by atoms with E-state index in [1.54, 1.807) is 0 Å². The maximum absolute atomic E-state index is 12.9. The van der Waals surface area contributed by atoms with Gasteiger partial charge in [-0.05, 0) is 44.9 Å². The molecule has 0 radical (unpaired) electrons. The van der Waals surface area contributed by atoms with Gasteiger partial charge in [-0.2, -0.15) is 5.10 Å². The Morgan fingerprint density at radius 1 is 1.13 bits per heavy atom. The van der Waals surface area contributed by atoms with Gasteiger partial charge in [-0.3, -0.25) is 4.79 Å². The highest BCUT2D eigenvalue weighted by atomic mass is 35.5. The van der Waals surface area contributed by atoms with Crippen LogP contribution in [0, 0.1) is 22.0 Å². The molecule has 0 saturated heterocycles. The van der Waals surface area contributed by atoms with Crippen molar-refractivity contribution >= 4 is 24.0 Å². The van der Waals surface area contributed by atoms with Crippen LogP contribution in [0.3, 0.4) is 0 Å². The van der Waals surface area contributed by atoms with Crippen LogP contribution in [-0.4, -0.2) is 48.1 Å². The zero-order chi connectivity index (χ0) is 20.8. The lowest BCUT2D eigenvalue weighted by molar-refractivity contribution is -0.757. The molecule has 9 nitrogen and oxygen atoms in total. The molecule has 1 fully saturated rings. The molecule has 1 aromatic rings. The van der Waals surface area contributed by atoms with Gasteiger partial charge >= 0.3 is 0 Å². The highest BCUT2D eigenvalue weighted by Gasteiger charge is 2.41. The van der Waals surface area contributed by atoms with Gasteiger partial charge in [0.2, 0.25) is 5.91 Å². The van der Waals surface area contributed by atoms with E-state index in [2.05, 4.69) is 9.94 Å². The summed E-state index contributed by atoms with van der Waals surface area (Å²) in [5.41, 5.74) is 1.70. The van der Waals surface area contributed by atoms with Crippen molar-refractivity contribution in [3.63, 3.8) is 0 Å². The maximum Gasteiger partial charge on any atom is 0.294 e. The van der Waals surface area contributed by atoms with E-state index >= 15 is 0 Å². The van der Waals surface area contributed by atoms with Crippen LogP contribution in [0.5, 0.6) is 11.5 Å². The molecule has 1 amide bonds. The fourth-order valence-electron chi connectivity index (χ4n) is 4.04. The summed E-state index contributed by atoms with van der Waals surface area (Å²) in [5.74, 6) is 1.11. The molecule has 2 aliphatic rings. The Hall–Kier alpha value is -2.55. The molecule has 0 unspecified atom stereocenters. The number of hydrogen-bond donors (Lipinski definition) is 0. The number of ether oxygens (including phenoxy) is 2. The van der Waals surface area contributed by atoms with E-state index in [1.807, 2.05) is 32.0 Å². The Morgan fingerprint density at radius 3 is 2.47 bits per heavy atom. The number of halogens is 1. The van der Waals surface area contributed by atoms with E-state index in [9.17, 15) is 14.9 Å². The first-order chi connectivity index (χ1) is 14.0. The van der Waals surface area contributed by atoms with Crippen molar-refractivity contribution in [1.29, 1.82) is 0 Å². The summed E-state index contributed by atoms with van der Waals surface area (Å²) < 4.78 is 11.4. The van der Waals surface area contributed by atoms with Crippen LogP contribution in [0.25, 0.3) is 0 Å². The number of fused-ring (bicyclic) bond motifs is 1. The Bertz CT molecular complexity index is 788. The molecule has 1 heterocycles. The topological polar surface area (TPSA) is 104 Å². The zero-order valence-electron chi connectivity index (χ0n) is 17.2. The number of amides is 1. The Morgan fingerprint density at radius 2 is 1.80 bits per heavy atom. The predicted octanol–water partition coefficient (Wildman–Crippen LogP) is 3.47. The molecule has 1 aromatic carbocycles. The Labute approximate surface area is 181 Å². The van der Waals surface area contributed by atoms with Crippen molar-refractivity contribution in [2.75, 3.05) is 26.4 Å². The standard InChI is InChI=1S/C20H27N3O6.ClH/c1-3-27-17-10-9-14(13-18(17)28-4-2)19-15-7-5-6-8-16(15)20(24)22(21-19)11-12-29-23(25)26;/h9-10,13,15-16H,3-8,11-12H2,1-2H3;1H/t15-,16+;/m1./s1. The number of nitrogens with zero attached hydrogens (tertiary/aromatic N) is 3. The first-order valence-electron chi connectivity index (χ1n) is 10.1. The summed E-state index contributed by atoms with van der Waals surface area (Å²) in [6.07, 6.45) is 3.73. The number of carbonyl (C=O) groups excluding carboxylic acids is 1. The van der Waals surface area contributed by atoms with Crippen molar-refractivity contribution < 1.29 is 24.2 Å². The van der Waals surface area contributed by atoms with Gasteiger partial charge in [0.25, 0.3) is 5.09 Å². The van der Waals surface area contributed by atoms with Crippen LogP contribution in [0.1, 0.15) is 45.1 Å². The molecule has 1 aliphatic heterocycles. The van der Waals surface area contributed by atoms with E-state index in [0.29, 0.717) is 24.7 Å².